The van der Waals surface area contributed by atoms with Crippen LogP contribution in [0.2, 0.25) is 0 Å². The molecule has 0 aliphatic rings. The lowest BCUT2D eigenvalue weighted by Crippen LogP contribution is -2.19. The normalized spacial score (nSPS) is 10.6. The summed E-state index contributed by atoms with van der Waals surface area (Å²) < 4.78 is 12.7. The van der Waals surface area contributed by atoms with Gasteiger partial charge in [0.05, 0.1) is 18.3 Å². The maximum Gasteiger partial charge on any atom is 0.244 e. The van der Waals surface area contributed by atoms with Gasteiger partial charge in [-0.1, -0.05) is 18.2 Å². The van der Waals surface area contributed by atoms with Gasteiger partial charge in [0, 0.05) is 6.20 Å². The molecule has 1 N–H and O–H groups in total. The van der Waals surface area contributed by atoms with Crippen LogP contribution in [0.4, 0.5) is 4.39 Å². The summed E-state index contributed by atoms with van der Waals surface area (Å²) in [6.07, 6.45) is 3.25. The third-order valence-electron chi connectivity index (χ3n) is 2.35. The molecule has 2 rings (SSSR count). The van der Waals surface area contributed by atoms with E-state index in [9.17, 15) is 9.18 Å². The smallest absolute Gasteiger partial charge is 0.244 e. The Kier molecular flexibility index (Phi) is 4.34. The van der Waals surface area contributed by atoms with E-state index in [-0.39, 0.29) is 18.1 Å². The molecule has 0 aliphatic heterocycles. The van der Waals surface area contributed by atoms with Gasteiger partial charge in [-0.15, -0.1) is 0 Å². The van der Waals surface area contributed by atoms with Crippen molar-refractivity contribution in [2.45, 2.75) is 6.42 Å². The lowest BCUT2D eigenvalue weighted by atomic mass is 10.1. The van der Waals surface area contributed by atoms with Crippen LogP contribution in [0.1, 0.15) is 11.3 Å². The van der Waals surface area contributed by atoms with Crippen LogP contribution >= 0.6 is 0 Å². The molecule has 5 heteroatoms. The van der Waals surface area contributed by atoms with Gasteiger partial charge in [0.2, 0.25) is 5.91 Å². The van der Waals surface area contributed by atoms with Gasteiger partial charge in [0.1, 0.15) is 5.82 Å². The van der Waals surface area contributed by atoms with E-state index in [0.717, 1.165) is 5.56 Å². The Balaban J connectivity index is 1.85. The number of pyridine rings is 1. The first kappa shape index (κ1) is 12.9. The van der Waals surface area contributed by atoms with Crippen LogP contribution in [-0.2, 0) is 11.2 Å². The molecule has 0 saturated carbocycles. The number of nitrogens with one attached hydrogen (secondary N) is 1. The van der Waals surface area contributed by atoms with E-state index in [1.165, 1.54) is 18.3 Å². The van der Waals surface area contributed by atoms with Crippen LogP contribution < -0.4 is 5.43 Å². The first-order valence-electron chi connectivity index (χ1n) is 5.71. The van der Waals surface area contributed by atoms with Gasteiger partial charge >= 0.3 is 0 Å². The van der Waals surface area contributed by atoms with E-state index in [4.69, 9.17) is 0 Å². The summed E-state index contributed by atoms with van der Waals surface area (Å²) in [5.74, 6) is -0.587. The summed E-state index contributed by atoms with van der Waals surface area (Å²) in [6.45, 7) is 0. The van der Waals surface area contributed by atoms with E-state index in [1.807, 2.05) is 6.07 Å². The van der Waals surface area contributed by atoms with Gasteiger partial charge in [0.25, 0.3) is 0 Å². The standard InChI is InChI=1S/C14H12FN3O/c15-12-6-4-11(5-7-12)9-14(19)18-17-10-13-3-1-2-8-16-13/h1-8,10H,9H2,(H,18,19)/b17-10+. The van der Waals surface area contributed by atoms with Crippen molar-refractivity contribution in [1.82, 2.24) is 10.4 Å². The molecule has 0 unspecified atom stereocenters. The molecule has 0 fully saturated rings. The fraction of sp³-hybridized carbons (Fsp3) is 0.0714. The molecule has 0 radical (unpaired) electrons. The van der Waals surface area contributed by atoms with Crippen molar-refractivity contribution >= 4 is 12.1 Å². The summed E-state index contributed by atoms with van der Waals surface area (Å²) in [5.41, 5.74) is 3.78. The molecule has 96 valence electrons. The second-order valence-electron chi connectivity index (χ2n) is 3.85. The number of carbonyl (C=O) groups is 1. The zero-order valence-corrected chi connectivity index (χ0v) is 10.1. The number of rotatable bonds is 4. The molecule has 1 heterocycles. The SMILES string of the molecule is O=C(Cc1ccc(F)cc1)N/N=C/c1ccccn1. The van der Waals surface area contributed by atoms with E-state index in [0.29, 0.717) is 5.69 Å². The van der Waals surface area contributed by atoms with Gasteiger partial charge in [-0.3, -0.25) is 9.78 Å². The molecular weight excluding hydrogens is 245 g/mol. The molecule has 0 spiro atoms. The van der Waals surface area contributed by atoms with Crippen molar-refractivity contribution in [3.63, 3.8) is 0 Å². The Morgan fingerprint density at radius 3 is 2.74 bits per heavy atom. The molecule has 19 heavy (non-hydrogen) atoms. The van der Waals surface area contributed by atoms with Crippen LogP contribution in [0.5, 0.6) is 0 Å². The quantitative estimate of drug-likeness (QED) is 0.672. The first-order chi connectivity index (χ1) is 9.24. The van der Waals surface area contributed by atoms with Crippen LogP contribution in [0.25, 0.3) is 0 Å². The number of hydrogen-bond donors (Lipinski definition) is 1. The highest BCUT2D eigenvalue weighted by Crippen LogP contribution is 2.03. The number of halogens is 1. The average Bonchev–Trinajstić information content (AvgIpc) is 2.43. The predicted molar refractivity (Wildman–Crippen MR) is 70.1 cm³/mol. The predicted octanol–water partition coefficient (Wildman–Crippen LogP) is 1.91. The molecule has 0 saturated heterocycles. The van der Waals surface area contributed by atoms with Crippen molar-refractivity contribution in [1.29, 1.82) is 0 Å². The molecule has 0 aliphatic carbocycles. The maximum atomic E-state index is 12.7. The van der Waals surface area contributed by atoms with Gasteiger partial charge in [-0.2, -0.15) is 5.10 Å². The third-order valence-corrected chi connectivity index (χ3v) is 2.35. The molecular formula is C14H12FN3O. The highest BCUT2D eigenvalue weighted by atomic mass is 19.1. The van der Waals surface area contributed by atoms with Crippen molar-refractivity contribution in [3.8, 4) is 0 Å². The lowest BCUT2D eigenvalue weighted by Gasteiger charge is -2.00. The topological polar surface area (TPSA) is 54.4 Å². The maximum absolute atomic E-state index is 12.7. The number of hydrazone groups is 1. The first-order valence-corrected chi connectivity index (χ1v) is 5.71. The van der Waals surface area contributed by atoms with Crippen LogP contribution in [0.3, 0.4) is 0 Å². The number of carbonyl (C=O) groups excluding carboxylic acids is 1. The minimum atomic E-state index is -0.322. The third kappa shape index (κ3) is 4.31. The van der Waals surface area contributed by atoms with Crippen molar-refractivity contribution in [2.24, 2.45) is 5.10 Å². The summed E-state index contributed by atoms with van der Waals surface area (Å²) in [4.78, 5) is 15.6. The molecule has 4 nitrogen and oxygen atoms in total. The Morgan fingerprint density at radius 1 is 1.26 bits per heavy atom. The monoisotopic (exact) mass is 257 g/mol. The van der Waals surface area contributed by atoms with E-state index in [2.05, 4.69) is 15.5 Å². The molecule has 1 aromatic carbocycles. The number of hydrogen-bond acceptors (Lipinski definition) is 3. The molecule has 1 aromatic heterocycles. The van der Waals surface area contributed by atoms with Gasteiger partial charge < -0.3 is 0 Å². The summed E-state index contributed by atoms with van der Waals surface area (Å²) >= 11 is 0. The fourth-order valence-electron chi connectivity index (χ4n) is 1.45. The van der Waals surface area contributed by atoms with Crippen molar-refractivity contribution < 1.29 is 9.18 Å². The number of aromatic nitrogens is 1. The molecule has 0 atom stereocenters. The van der Waals surface area contributed by atoms with Gasteiger partial charge in [-0.25, -0.2) is 9.82 Å². The average molecular weight is 257 g/mol. The summed E-state index contributed by atoms with van der Waals surface area (Å²) in [5, 5.41) is 3.79. The molecule has 1 amide bonds. The van der Waals surface area contributed by atoms with Gasteiger partial charge in [0.15, 0.2) is 0 Å². The molecule has 0 bridgehead atoms. The van der Waals surface area contributed by atoms with Crippen molar-refractivity contribution in [3.05, 3.63) is 65.7 Å². The van der Waals surface area contributed by atoms with Crippen LogP contribution in [0.15, 0.2) is 53.8 Å². The highest BCUT2D eigenvalue weighted by molar-refractivity contribution is 5.81. The lowest BCUT2D eigenvalue weighted by molar-refractivity contribution is -0.120. The van der Waals surface area contributed by atoms with E-state index >= 15 is 0 Å². The molecule has 2 aromatic rings. The largest absolute Gasteiger partial charge is 0.273 e. The Labute approximate surface area is 110 Å². The Bertz CT molecular complexity index is 567. The zero-order valence-electron chi connectivity index (χ0n) is 10.1. The minimum Gasteiger partial charge on any atom is -0.273 e. The summed E-state index contributed by atoms with van der Waals surface area (Å²) in [6, 6.07) is 11.2. The Hall–Kier alpha value is -2.56. The fourth-order valence-corrected chi connectivity index (χ4v) is 1.45. The zero-order chi connectivity index (χ0) is 13.5. The van der Waals surface area contributed by atoms with E-state index in [1.54, 1.807) is 30.5 Å². The second kappa shape index (κ2) is 6.39. The van der Waals surface area contributed by atoms with Crippen LogP contribution in [-0.4, -0.2) is 17.1 Å². The number of amides is 1. The number of benzene rings is 1. The Morgan fingerprint density at radius 2 is 2.05 bits per heavy atom. The highest BCUT2D eigenvalue weighted by Gasteiger charge is 2.01. The van der Waals surface area contributed by atoms with Crippen molar-refractivity contribution in [2.75, 3.05) is 0 Å². The van der Waals surface area contributed by atoms with Gasteiger partial charge in [-0.05, 0) is 29.8 Å². The van der Waals surface area contributed by atoms with E-state index < -0.39 is 0 Å². The van der Waals surface area contributed by atoms with Crippen LogP contribution in [0, 0.1) is 5.82 Å². The second-order valence-corrected chi connectivity index (χ2v) is 3.85. The minimum absolute atomic E-state index is 0.153. The number of nitrogens with zero attached hydrogens (tertiary/aromatic N) is 2. The summed E-state index contributed by atoms with van der Waals surface area (Å²) in [7, 11) is 0.